The molecular formula is C6H13NO3S. The molecular weight excluding hydrogens is 166 g/mol. The third kappa shape index (κ3) is 3.69. The lowest BCUT2D eigenvalue weighted by Crippen LogP contribution is -2.29. The van der Waals surface area contributed by atoms with Crippen LogP contribution in [0.5, 0.6) is 0 Å². The van der Waals surface area contributed by atoms with Crippen molar-refractivity contribution in [3.63, 3.8) is 0 Å². The normalized spacial score (nSPS) is 18.6. The van der Waals surface area contributed by atoms with Gasteiger partial charge >= 0.3 is 0 Å². The van der Waals surface area contributed by atoms with Crippen molar-refractivity contribution in [2.24, 2.45) is 5.92 Å². The zero-order chi connectivity index (χ0) is 8.32. The van der Waals surface area contributed by atoms with Crippen LogP contribution in [0, 0.1) is 5.92 Å². The van der Waals surface area contributed by atoms with Crippen molar-refractivity contribution in [3.8, 4) is 0 Å². The van der Waals surface area contributed by atoms with Crippen LogP contribution in [0.4, 0.5) is 0 Å². The second-order valence-corrected chi connectivity index (χ2v) is 4.76. The van der Waals surface area contributed by atoms with E-state index in [0.29, 0.717) is 12.5 Å². The van der Waals surface area contributed by atoms with Crippen molar-refractivity contribution < 1.29 is 13.5 Å². The van der Waals surface area contributed by atoms with Crippen LogP contribution in [0.1, 0.15) is 12.8 Å². The van der Waals surface area contributed by atoms with Crippen molar-refractivity contribution in [3.05, 3.63) is 0 Å². The molecule has 5 heteroatoms. The Balaban J connectivity index is 2.21. The van der Waals surface area contributed by atoms with Gasteiger partial charge < -0.3 is 5.11 Å². The van der Waals surface area contributed by atoms with Crippen LogP contribution in [0.3, 0.4) is 0 Å². The molecule has 11 heavy (non-hydrogen) atoms. The van der Waals surface area contributed by atoms with E-state index in [1.165, 1.54) is 0 Å². The summed E-state index contributed by atoms with van der Waals surface area (Å²) in [6, 6.07) is 0. The molecule has 4 nitrogen and oxygen atoms in total. The van der Waals surface area contributed by atoms with Gasteiger partial charge in [-0.25, -0.2) is 13.1 Å². The molecule has 1 aliphatic carbocycles. The van der Waals surface area contributed by atoms with Gasteiger partial charge in [0.05, 0.1) is 12.4 Å². The van der Waals surface area contributed by atoms with Crippen LogP contribution >= 0.6 is 0 Å². The maximum atomic E-state index is 10.9. The fourth-order valence-corrected chi connectivity index (χ4v) is 1.63. The molecule has 0 bridgehead atoms. The molecule has 1 saturated carbocycles. The van der Waals surface area contributed by atoms with Crippen LogP contribution < -0.4 is 4.72 Å². The van der Waals surface area contributed by atoms with Crippen LogP contribution in [-0.2, 0) is 10.0 Å². The lowest BCUT2D eigenvalue weighted by atomic mass is 10.4. The summed E-state index contributed by atoms with van der Waals surface area (Å²) in [7, 11) is -3.19. The summed E-state index contributed by atoms with van der Waals surface area (Å²) in [4.78, 5) is 0. The third-order valence-electron chi connectivity index (χ3n) is 1.65. The van der Waals surface area contributed by atoms with Gasteiger partial charge in [0, 0.05) is 6.54 Å². The van der Waals surface area contributed by atoms with Crippen LogP contribution in [-0.4, -0.2) is 32.4 Å². The van der Waals surface area contributed by atoms with E-state index in [4.69, 9.17) is 5.11 Å². The summed E-state index contributed by atoms with van der Waals surface area (Å²) >= 11 is 0. The molecule has 1 fully saturated rings. The molecule has 1 rings (SSSR count). The first-order chi connectivity index (χ1) is 5.14. The molecule has 0 heterocycles. The second kappa shape index (κ2) is 3.51. The Bertz CT molecular complexity index is 208. The van der Waals surface area contributed by atoms with Crippen LogP contribution in [0.2, 0.25) is 0 Å². The molecule has 0 atom stereocenters. The minimum absolute atomic E-state index is 0.181. The second-order valence-electron chi connectivity index (χ2n) is 2.83. The van der Waals surface area contributed by atoms with E-state index in [0.717, 1.165) is 12.8 Å². The topological polar surface area (TPSA) is 66.4 Å². The standard InChI is InChI=1S/C6H13NO3S/c8-3-4-11(9,10)7-5-6-1-2-6/h6-8H,1-5H2. The quantitative estimate of drug-likeness (QED) is 0.587. The highest BCUT2D eigenvalue weighted by atomic mass is 32.2. The number of rotatable bonds is 5. The first-order valence-corrected chi connectivity index (χ1v) is 5.37. The summed E-state index contributed by atoms with van der Waals surface area (Å²) in [6.07, 6.45) is 2.25. The highest BCUT2D eigenvalue weighted by Gasteiger charge is 2.22. The molecule has 0 amide bonds. The molecule has 0 aliphatic heterocycles. The maximum Gasteiger partial charge on any atom is 0.213 e. The van der Waals surface area contributed by atoms with Crippen molar-refractivity contribution in [2.45, 2.75) is 12.8 Å². The lowest BCUT2D eigenvalue weighted by Gasteiger charge is -2.02. The number of sulfonamides is 1. The third-order valence-corrected chi connectivity index (χ3v) is 2.98. The lowest BCUT2D eigenvalue weighted by molar-refractivity contribution is 0.319. The van der Waals surface area contributed by atoms with E-state index >= 15 is 0 Å². The average molecular weight is 179 g/mol. The zero-order valence-corrected chi connectivity index (χ0v) is 7.10. The zero-order valence-electron chi connectivity index (χ0n) is 6.28. The molecule has 1 aliphatic rings. The number of hydrogen-bond acceptors (Lipinski definition) is 3. The van der Waals surface area contributed by atoms with Gasteiger partial charge in [-0.05, 0) is 18.8 Å². The van der Waals surface area contributed by atoms with Crippen molar-refractivity contribution in [2.75, 3.05) is 18.9 Å². The fraction of sp³-hybridized carbons (Fsp3) is 1.00. The molecule has 66 valence electrons. The monoisotopic (exact) mass is 179 g/mol. The molecule has 0 unspecified atom stereocenters. The Hall–Kier alpha value is -0.130. The number of aliphatic hydroxyl groups excluding tert-OH is 1. The molecule has 0 saturated heterocycles. The van der Waals surface area contributed by atoms with E-state index in [-0.39, 0.29) is 12.4 Å². The van der Waals surface area contributed by atoms with Crippen LogP contribution in [0.25, 0.3) is 0 Å². The summed E-state index contributed by atoms with van der Waals surface area (Å²) in [6.45, 7) is 0.238. The highest BCUT2D eigenvalue weighted by Crippen LogP contribution is 2.27. The largest absolute Gasteiger partial charge is 0.395 e. The fourth-order valence-electron chi connectivity index (χ4n) is 0.759. The Kier molecular flexibility index (Phi) is 2.86. The predicted molar refractivity (Wildman–Crippen MR) is 41.6 cm³/mol. The predicted octanol–water partition coefficient (Wildman–Crippen LogP) is -0.692. The van der Waals surface area contributed by atoms with Gasteiger partial charge in [-0.3, -0.25) is 0 Å². The smallest absolute Gasteiger partial charge is 0.213 e. The van der Waals surface area contributed by atoms with Gasteiger partial charge in [0.2, 0.25) is 10.0 Å². The van der Waals surface area contributed by atoms with Gasteiger partial charge in [-0.15, -0.1) is 0 Å². The number of aliphatic hydroxyl groups is 1. The molecule has 0 aromatic heterocycles. The summed E-state index contributed by atoms with van der Waals surface area (Å²) < 4.78 is 24.2. The molecule has 2 N–H and O–H groups in total. The van der Waals surface area contributed by atoms with Gasteiger partial charge in [0.1, 0.15) is 0 Å². The molecule has 0 radical (unpaired) electrons. The Morgan fingerprint density at radius 1 is 1.45 bits per heavy atom. The van der Waals surface area contributed by atoms with E-state index in [1.54, 1.807) is 0 Å². The molecule has 0 spiro atoms. The van der Waals surface area contributed by atoms with Crippen molar-refractivity contribution >= 4 is 10.0 Å². The van der Waals surface area contributed by atoms with E-state index in [1.807, 2.05) is 0 Å². The summed E-state index contributed by atoms with van der Waals surface area (Å²) in [5, 5.41) is 8.36. The average Bonchev–Trinajstić information content (AvgIpc) is 2.65. The van der Waals surface area contributed by atoms with Gasteiger partial charge in [0.25, 0.3) is 0 Å². The Morgan fingerprint density at radius 2 is 2.09 bits per heavy atom. The van der Waals surface area contributed by atoms with E-state index in [2.05, 4.69) is 4.72 Å². The Morgan fingerprint density at radius 3 is 2.55 bits per heavy atom. The first-order valence-electron chi connectivity index (χ1n) is 3.72. The van der Waals surface area contributed by atoms with Crippen molar-refractivity contribution in [1.29, 1.82) is 0 Å². The van der Waals surface area contributed by atoms with E-state index < -0.39 is 10.0 Å². The number of hydrogen-bond donors (Lipinski definition) is 2. The van der Waals surface area contributed by atoms with Crippen LogP contribution in [0.15, 0.2) is 0 Å². The molecule has 0 aromatic carbocycles. The van der Waals surface area contributed by atoms with Gasteiger partial charge in [-0.2, -0.15) is 0 Å². The van der Waals surface area contributed by atoms with Gasteiger partial charge in [0.15, 0.2) is 0 Å². The van der Waals surface area contributed by atoms with E-state index in [9.17, 15) is 8.42 Å². The SMILES string of the molecule is O=S(=O)(CCO)NCC1CC1. The Labute approximate surface area is 66.7 Å². The van der Waals surface area contributed by atoms with Crippen molar-refractivity contribution in [1.82, 2.24) is 4.72 Å². The minimum atomic E-state index is -3.19. The molecule has 0 aromatic rings. The first kappa shape index (κ1) is 8.96. The highest BCUT2D eigenvalue weighted by molar-refractivity contribution is 7.89. The summed E-state index contributed by atoms with van der Waals surface area (Å²) in [5.74, 6) is 0.364. The maximum absolute atomic E-state index is 10.9. The minimum Gasteiger partial charge on any atom is -0.395 e. The number of nitrogens with one attached hydrogen (secondary N) is 1. The summed E-state index contributed by atoms with van der Waals surface area (Å²) in [5.41, 5.74) is 0. The van der Waals surface area contributed by atoms with Gasteiger partial charge in [-0.1, -0.05) is 0 Å².